The molecular formula is C16H14FN3O. The van der Waals surface area contributed by atoms with Crippen molar-refractivity contribution in [3.63, 3.8) is 0 Å². The molecule has 3 rings (SSSR count). The van der Waals surface area contributed by atoms with Gasteiger partial charge < -0.3 is 9.88 Å². The number of aromatic nitrogens is 2. The number of benzene rings is 1. The van der Waals surface area contributed by atoms with Crippen LogP contribution in [-0.4, -0.2) is 9.55 Å². The fraction of sp³-hybridized carbons (Fsp3) is 0.125. The maximum Gasteiger partial charge on any atom is 0.251 e. The molecule has 0 unspecified atom stereocenters. The van der Waals surface area contributed by atoms with Gasteiger partial charge in [0.15, 0.2) is 0 Å². The van der Waals surface area contributed by atoms with Gasteiger partial charge in [-0.3, -0.25) is 4.79 Å². The van der Waals surface area contributed by atoms with Crippen LogP contribution in [0.3, 0.4) is 0 Å². The number of fused-ring (bicyclic) bond motifs is 1. The summed E-state index contributed by atoms with van der Waals surface area (Å²) in [5.41, 5.74) is 1.53. The quantitative estimate of drug-likeness (QED) is 0.802. The van der Waals surface area contributed by atoms with Crippen molar-refractivity contribution in [1.82, 2.24) is 9.55 Å². The number of nitrogens with zero attached hydrogens (tertiary/aromatic N) is 2. The zero-order valence-corrected chi connectivity index (χ0v) is 11.5. The number of nitrogens with one attached hydrogen (secondary N) is 1. The Morgan fingerprint density at radius 3 is 2.67 bits per heavy atom. The molecule has 4 nitrogen and oxygen atoms in total. The summed E-state index contributed by atoms with van der Waals surface area (Å²) in [6.45, 7) is 2.52. The molecule has 5 heteroatoms. The molecule has 21 heavy (non-hydrogen) atoms. The fourth-order valence-corrected chi connectivity index (χ4v) is 2.26. The van der Waals surface area contributed by atoms with E-state index >= 15 is 0 Å². The molecule has 0 radical (unpaired) electrons. The van der Waals surface area contributed by atoms with E-state index in [1.807, 2.05) is 13.0 Å². The predicted molar refractivity (Wildman–Crippen MR) is 81.4 cm³/mol. The average molecular weight is 283 g/mol. The van der Waals surface area contributed by atoms with Crippen molar-refractivity contribution in [2.24, 2.45) is 0 Å². The number of pyridine rings is 2. The summed E-state index contributed by atoms with van der Waals surface area (Å²) in [7, 11) is 0. The van der Waals surface area contributed by atoms with Gasteiger partial charge in [0, 0.05) is 35.9 Å². The second-order valence-electron chi connectivity index (χ2n) is 4.68. The molecule has 1 N–H and O–H groups in total. The second-order valence-corrected chi connectivity index (χ2v) is 4.68. The van der Waals surface area contributed by atoms with Crippen LogP contribution in [-0.2, 0) is 6.54 Å². The van der Waals surface area contributed by atoms with Crippen LogP contribution in [0.15, 0.2) is 53.5 Å². The lowest BCUT2D eigenvalue weighted by Gasteiger charge is -2.10. The molecule has 0 aliphatic heterocycles. The summed E-state index contributed by atoms with van der Waals surface area (Å²) in [6.07, 6.45) is 1.72. The number of halogens is 1. The smallest absolute Gasteiger partial charge is 0.251 e. The third kappa shape index (κ3) is 2.63. The van der Waals surface area contributed by atoms with Crippen molar-refractivity contribution in [3.8, 4) is 0 Å². The van der Waals surface area contributed by atoms with Crippen LogP contribution in [0.2, 0.25) is 0 Å². The SMILES string of the molecule is CCn1c(=O)ccc2cnc(Nc3ccc(F)cc3)cc21. The Labute approximate surface area is 120 Å². The van der Waals surface area contributed by atoms with Crippen LogP contribution in [0, 0.1) is 5.82 Å². The molecule has 0 atom stereocenters. The van der Waals surface area contributed by atoms with Gasteiger partial charge in [-0.1, -0.05) is 0 Å². The zero-order chi connectivity index (χ0) is 14.8. The summed E-state index contributed by atoms with van der Waals surface area (Å²) in [5, 5.41) is 4.00. The normalized spacial score (nSPS) is 10.8. The first-order valence-corrected chi connectivity index (χ1v) is 6.69. The number of hydrogen-bond donors (Lipinski definition) is 1. The molecule has 0 bridgehead atoms. The minimum absolute atomic E-state index is 0.0380. The molecular weight excluding hydrogens is 269 g/mol. The predicted octanol–water partition coefficient (Wildman–Crippen LogP) is 3.30. The highest BCUT2D eigenvalue weighted by Crippen LogP contribution is 2.19. The molecule has 0 saturated heterocycles. The van der Waals surface area contributed by atoms with Gasteiger partial charge in [-0.05, 0) is 37.3 Å². The van der Waals surface area contributed by atoms with E-state index in [1.165, 1.54) is 12.1 Å². The largest absolute Gasteiger partial charge is 0.340 e. The first-order chi connectivity index (χ1) is 10.2. The minimum atomic E-state index is -0.285. The van der Waals surface area contributed by atoms with Crippen LogP contribution >= 0.6 is 0 Å². The van der Waals surface area contributed by atoms with Crippen molar-refractivity contribution >= 4 is 22.4 Å². The third-order valence-electron chi connectivity index (χ3n) is 3.31. The molecule has 1 aromatic carbocycles. The second kappa shape index (κ2) is 5.36. The standard InChI is InChI=1S/C16H14FN3O/c1-2-20-14-9-15(18-10-11(14)3-8-16(20)21)19-13-6-4-12(17)5-7-13/h3-10H,2H2,1H3,(H,18,19). The Balaban J connectivity index is 2.04. The van der Waals surface area contributed by atoms with Crippen molar-refractivity contribution in [2.75, 3.05) is 5.32 Å². The lowest BCUT2D eigenvalue weighted by atomic mass is 10.2. The highest BCUT2D eigenvalue weighted by atomic mass is 19.1. The Kier molecular flexibility index (Phi) is 3.39. The number of aryl methyl sites for hydroxylation is 1. The average Bonchev–Trinajstić information content (AvgIpc) is 2.49. The zero-order valence-electron chi connectivity index (χ0n) is 11.5. The van der Waals surface area contributed by atoms with E-state index in [9.17, 15) is 9.18 Å². The van der Waals surface area contributed by atoms with E-state index in [1.54, 1.807) is 35.0 Å². The van der Waals surface area contributed by atoms with Gasteiger partial charge in [0.1, 0.15) is 11.6 Å². The lowest BCUT2D eigenvalue weighted by Crippen LogP contribution is -2.18. The molecule has 2 heterocycles. The Morgan fingerprint density at radius 2 is 1.95 bits per heavy atom. The highest BCUT2D eigenvalue weighted by molar-refractivity contribution is 5.81. The van der Waals surface area contributed by atoms with Gasteiger partial charge >= 0.3 is 0 Å². The molecule has 0 fully saturated rings. The summed E-state index contributed by atoms with van der Waals surface area (Å²) >= 11 is 0. The van der Waals surface area contributed by atoms with Gasteiger partial charge in [-0.2, -0.15) is 0 Å². The number of anilines is 2. The van der Waals surface area contributed by atoms with E-state index in [-0.39, 0.29) is 11.4 Å². The van der Waals surface area contributed by atoms with E-state index in [4.69, 9.17) is 0 Å². The molecule has 106 valence electrons. The summed E-state index contributed by atoms with van der Waals surface area (Å²) < 4.78 is 14.6. The Morgan fingerprint density at radius 1 is 1.19 bits per heavy atom. The lowest BCUT2D eigenvalue weighted by molar-refractivity contribution is 0.628. The van der Waals surface area contributed by atoms with Crippen LogP contribution in [0.4, 0.5) is 15.9 Å². The molecule has 0 aliphatic rings. The summed E-state index contributed by atoms with van der Waals surface area (Å²) in [4.78, 5) is 16.2. The summed E-state index contributed by atoms with van der Waals surface area (Å²) in [5.74, 6) is 0.328. The topological polar surface area (TPSA) is 46.9 Å². The van der Waals surface area contributed by atoms with Crippen molar-refractivity contribution < 1.29 is 4.39 Å². The monoisotopic (exact) mass is 283 g/mol. The van der Waals surface area contributed by atoms with Gasteiger partial charge in [-0.25, -0.2) is 9.37 Å². The van der Waals surface area contributed by atoms with E-state index in [0.717, 1.165) is 16.6 Å². The van der Waals surface area contributed by atoms with Crippen molar-refractivity contribution in [3.05, 3.63) is 64.8 Å². The van der Waals surface area contributed by atoms with Gasteiger partial charge in [0.05, 0.1) is 5.52 Å². The van der Waals surface area contributed by atoms with Gasteiger partial charge in [-0.15, -0.1) is 0 Å². The summed E-state index contributed by atoms with van der Waals surface area (Å²) in [6, 6.07) is 11.2. The highest BCUT2D eigenvalue weighted by Gasteiger charge is 2.04. The molecule has 2 aromatic heterocycles. The van der Waals surface area contributed by atoms with Crippen LogP contribution in [0.5, 0.6) is 0 Å². The van der Waals surface area contributed by atoms with Crippen LogP contribution in [0.1, 0.15) is 6.92 Å². The van der Waals surface area contributed by atoms with Gasteiger partial charge in [0.2, 0.25) is 0 Å². The molecule has 0 amide bonds. The molecule has 0 saturated carbocycles. The Hall–Kier alpha value is -2.69. The third-order valence-corrected chi connectivity index (χ3v) is 3.31. The van der Waals surface area contributed by atoms with E-state index in [2.05, 4.69) is 10.3 Å². The minimum Gasteiger partial charge on any atom is -0.340 e. The first kappa shape index (κ1) is 13.3. The number of rotatable bonds is 3. The van der Waals surface area contributed by atoms with E-state index in [0.29, 0.717) is 12.4 Å². The van der Waals surface area contributed by atoms with E-state index < -0.39 is 0 Å². The maximum atomic E-state index is 12.9. The van der Waals surface area contributed by atoms with Crippen molar-refractivity contribution in [1.29, 1.82) is 0 Å². The van der Waals surface area contributed by atoms with Crippen LogP contribution < -0.4 is 10.9 Å². The maximum absolute atomic E-state index is 12.9. The van der Waals surface area contributed by atoms with Gasteiger partial charge in [0.25, 0.3) is 5.56 Å². The van der Waals surface area contributed by atoms with Crippen molar-refractivity contribution in [2.45, 2.75) is 13.5 Å². The fourth-order valence-electron chi connectivity index (χ4n) is 2.26. The first-order valence-electron chi connectivity index (χ1n) is 6.69. The number of hydrogen-bond acceptors (Lipinski definition) is 3. The molecule has 0 spiro atoms. The van der Waals surface area contributed by atoms with Crippen LogP contribution in [0.25, 0.3) is 10.9 Å². The molecule has 3 aromatic rings. The molecule has 0 aliphatic carbocycles. The Bertz CT molecular complexity index is 840.